The van der Waals surface area contributed by atoms with Crippen LogP contribution in [0.1, 0.15) is 36.1 Å². The van der Waals surface area contributed by atoms with Gasteiger partial charge >= 0.3 is 5.97 Å². The molecular weight excluding hydrogens is 336 g/mol. The summed E-state index contributed by atoms with van der Waals surface area (Å²) in [4.78, 5) is 28.2. The van der Waals surface area contributed by atoms with Gasteiger partial charge < -0.3 is 9.26 Å². The molecule has 0 unspecified atom stereocenters. The Hall–Kier alpha value is -3.29. The molecule has 1 aromatic carbocycles. The maximum atomic E-state index is 12.3. The number of aryl methyl sites for hydroxylation is 2. The van der Waals surface area contributed by atoms with Crippen molar-refractivity contribution in [3.8, 4) is 17.1 Å². The number of nitrogens with zero attached hydrogens (tertiary/aromatic N) is 4. The minimum absolute atomic E-state index is 0.0820. The summed E-state index contributed by atoms with van der Waals surface area (Å²) in [6, 6.07) is 9.40. The van der Waals surface area contributed by atoms with Crippen molar-refractivity contribution in [3.63, 3.8) is 0 Å². The molecule has 26 heavy (non-hydrogen) atoms. The third kappa shape index (κ3) is 4.02. The van der Waals surface area contributed by atoms with E-state index < -0.39 is 5.97 Å². The molecular formula is C18H18N4O4. The van der Waals surface area contributed by atoms with E-state index in [1.807, 2.05) is 6.92 Å². The standard InChI is InChI=1S/C18H18N4O4/c1-3-4-11-22-16(23)10-9-15(20-22)18(24)25-14-7-5-13(6-8-14)17-19-12(2)26-21-17/h5-10H,3-4,11H2,1-2H3. The molecule has 3 rings (SSSR count). The van der Waals surface area contributed by atoms with Gasteiger partial charge in [0.1, 0.15) is 5.75 Å². The van der Waals surface area contributed by atoms with Crippen LogP contribution in [0.4, 0.5) is 0 Å². The van der Waals surface area contributed by atoms with Crippen LogP contribution in [0, 0.1) is 6.92 Å². The van der Waals surface area contributed by atoms with Crippen LogP contribution in [0.25, 0.3) is 11.4 Å². The summed E-state index contributed by atoms with van der Waals surface area (Å²) < 4.78 is 11.5. The highest BCUT2D eigenvalue weighted by Crippen LogP contribution is 2.20. The van der Waals surface area contributed by atoms with E-state index in [1.165, 1.54) is 16.8 Å². The van der Waals surface area contributed by atoms with Crippen LogP contribution in [-0.2, 0) is 6.54 Å². The second-order valence-electron chi connectivity index (χ2n) is 5.68. The molecule has 134 valence electrons. The Bertz CT molecular complexity index is 960. The minimum Gasteiger partial charge on any atom is -0.422 e. The summed E-state index contributed by atoms with van der Waals surface area (Å²) in [6.45, 7) is 4.19. The molecule has 0 N–H and O–H groups in total. The van der Waals surface area contributed by atoms with E-state index in [0.717, 1.165) is 18.4 Å². The quantitative estimate of drug-likeness (QED) is 0.495. The number of hydrogen-bond donors (Lipinski definition) is 0. The average Bonchev–Trinajstić information content (AvgIpc) is 3.08. The first-order valence-electron chi connectivity index (χ1n) is 8.28. The van der Waals surface area contributed by atoms with Crippen molar-refractivity contribution in [2.45, 2.75) is 33.2 Å². The van der Waals surface area contributed by atoms with Gasteiger partial charge in [-0.15, -0.1) is 0 Å². The van der Waals surface area contributed by atoms with Crippen molar-refractivity contribution in [1.82, 2.24) is 19.9 Å². The fourth-order valence-corrected chi connectivity index (χ4v) is 2.27. The molecule has 2 heterocycles. The third-order valence-electron chi connectivity index (χ3n) is 3.65. The summed E-state index contributed by atoms with van der Waals surface area (Å²) in [5.41, 5.74) is 0.584. The van der Waals surface area contributed by atoms with Gasteiger partial charge in [-0.1, -0.05) is 18.5 Å². The molecule has 3 aromatic rings. The van der Waals surface area contributed by atoms with Crippen LogP contribution in [0.5, 0.6) is 5.75 Å². The molecule has 0 saturated carbocycles. The largest absolute Gasteiger partial charge is 0.422 e. The van der Waals surface area contributed by atoms with Crippen LogP contribution < -0.4 is 10.3 Å². The van der Waals surface area contributed by atoms with Gasteiger partial charge in [0.05, 0.1) is 0 Å². The van der Waals surface area contributed by atoms with Crippen LogP contribution in [0.15, 0.2) is 45.7 Å². The first-order valence-corrected chi connectivity index (χ1v) is 8.28. The van der Waals surface area contributed by atoms with Gasteiger partial charge in [-0.2, -0.15) is 10.1 Å². The predicted molar refractivity (Wildman–Crippen MR) is 92.8 cm³/mol. The summed E-state index contributed by atoms with van der Waals surface area (Å²) in [5.74, 6) is 0.662. The molecule has 0 amide bonds. The van der Waals surface area contributed by atoms with Crippen LogP contribution in [0.2, 0.25) is 0 Å². The predicted octanol–water partition coefficient (Wildman–Crippen LogP) is 2.62. The Morgan fingerprint density at radius 2 is 1.96 bits per heavy atom. The Kier molecular flexibility index (Phi) is 5.21. The number of benzene rings is 1. The van der Waals surface area contributed by atoms with E-state index >= 15 is 0 Å². The lowest BCUT2D eigenvalue weighted by atomic mass is 10.2. The van der Waals surface area contributed by atoms with Gasteiger partial charge in [0.15, 0.2) is 5.69 Å². The number of ether oxygens (including phenoxy) is 1. The van der Waals surface area contributed by atoms with E-state index in [0.29, 0.717) is 24.0 Å². The number of unbranched alkanes of at least 4 members (excludes halogenated alkanes) is 1. The lowest BCUT2D eigenvalue weighted by Gasteiger charge is -2.07. The van der Waals surface area contributed by atoms with E-state index in [1.54, 1.807) is 31.2 Å². The van der Waals surface area contributed by atoms with Crippen molar-refractivity contribution in [2.24, 2.45) is 0 Å². The Morgan fingerprint density at radius 1 is 1.19 bits per heavy atom. The maximum Gasteiger partial charge on any atom is 0.364 e. The van der Waals surface area contributed by atoms with Crippen LogP contribution >= 0.6 is 0 Å². The van der Waals surface area contributed by atoms with Crippen molar-refractivity contribution >= 4 is 5.97 Å². The van der Waals surface area contributed by atoms with Crippen molar-refractivity contribution in [1.29, 1.82) is 0 Å². The maximum absolute atomic E-state index is 12.3. The SMILES string of the molecule is CCCCn1nc(C(=O)Oc2ccc(-c3noc(C)n3)cc2)ccc1=O. The third-order valence-corrected chi connectivity index (χ3v) is 3.65. The average molecular weight is 354 g/mol. The molecule has 0 saturated heterocycles. The number of carbonyl (C=O) groups excluding carboxylic acids is 1. The Morgan fingerprint density at radius 3 is 2.62 bits per heavy atom. The van der Waals surface area contributed by atoms with Crippen molar-refractivity contribution in [3.05, 3.63) is 58.3 Å². The number of carbonyl (C=O) groups is 1. The summed E-state index contributed by atoms with van der Waals surface area (Å²) >= 11 is 0. The zero-order valence-corrected chi connectivity index (χ0v) is 14.5. The van der Waals surface area contributed by atoms with Crippen molar-refractivity contribution < 1.29 is 14.1 Å². The highest BCUT2D eigenvalue weighted by atomic mass is 16.5. The molecule has 2 aromatic heterocycles. The minimum atomic E-state index is -0.626. The fourth-order valence-electron chi connectivity index (χ4n) is 2.27. The normalized spacial score (nSPS) is 10.7. The number of aromatic nitrogens is 4. The van der Waals surface area contributed by atoms with Gasteiger partial charge in [-0.25, -0.2) is 9.48 Å². The highest BCUT2D eigenvalue weighted by Gasteiger charge is 2.13. The first kappa shape index (κ1) is 17.5. The Labute approximate surface area is 149 Å². The molecule has 0 spiro atoms. The fraction of sp³-hybridized carbons (Fsp3) is 0.278. The number of rotatable bonds is 6. The molecule has 8 nitrogen and oxygen atoms in total. The molecule has 0 radical (unpaired) electrons. The van der Waals surface area contributed by atoms with E-state index in [9.17, 15) is 9.59 Å². The van der Waals surface area contributed by atoms with E-state index in [4.69, 9.17) is 9.26 Å². The van der Waals surface area contributed by atoms with E-state index in [2.05, 4.69) is 15.2 Å². The first-order chi connectivity index (χ1) is 12.6. The molecule has 0 aliphatic carbocycles. The van der Waals surface area contributed by atoms with Gasteiger partial charge in [-0.05, 0) is 36.8 Å². The molecule has 0 aliphatic rings. The molecule has 0 aliphatic heterocycles. The van der Waals surface area contributed by atoms with Gasteiger partial charge in [0.2, 0.25) is 11.7 Å². The lowest BCUT2D eigenvalue weighted by molar-refractivity contribution is 0.0725. The van der Waals surface area contributed by atoms with Gasteiger partial charge in [0.25, 0.3) is 5.56 Å². The van der Waals surface area contributed by atoms with Crippen molar-refractivity contribution in [2.75, 3.05) is 0 Å². The summed E-state index contributed by atoms with van der Waals surface area (Å²) in [6.07, 6.45) is 1.73. The van der Waals surface area contributed by atoms with Gasteiger partial charge in [0, 0.05) is 25.1 Å². The Balaban J connectivity index is 1.72. The number of esters is 1. The number of hydrogen-bond acceptors (Lipinski definition) is 7. The summed E-state index contributed by atoms with van der Waals surface area (Å²) in [7, 11) is 0. The zero-order valence-electron chi connectivity index (χ0n) is 14.5. The second kappa shape index (κ2) is 7.73. The van der Waals surface area contributed by atoms with E-state index in [-0.39, 0.29) is 11.3 Å². The smallest absolute Gasteiger partial charge is 0.364 e. The van der Waals surface area contributed by atoms with Gasteiger partial charge in [-0.3, -0.25) is 4.79 Å². The molecule has 0 atom stereocenters. The highest BCUT2D eigenvalue weighted by molar-refractivity contribution is 5.88. The second-order valence-corrected chi connectivity index (χ2v) is 5.68. The monoisotopic (exact) mass is 354 g/mol. The summed E-state index contributed by atoms with van der Waals surface area (Å²) in [5, 5.41) is 7.90. The molecule has 8 heteroatoms. The van der Waals surface area contributed by atoms with Crippen LogP contribution in [-0.4, -0.2) is 25.9 Å². The molecule has 0 fully saturated rings. The topological polar surface area (TPSA) is 100 Å². The lowest BCUT2D eigenvalue weighted by Crippen LogP contribution is -2.25. The van der Waals surface area contributed by atoms with Crippen LogP contribution in [0.3, 0.4) is 0 Å². The molecule has 0 bridgehead atoms. The zero-order chi connectivity index (χ0) is 18.5.